The van der Waals surface area contributed by atoms with Crippen LogP contribution >= 0.6 is 0 Å². The summed E-state index contributed by atoms with van der Waals surface area (Å²) in [6, 6.07) is 21.6. The van der Waals surface area contributed by atoms with E-state index in [9.17, 15) is 9.18 Å². The quantitative estimate of drug-likeness (QED) is 0.520. The molecule has 0 bridgehead atoms. The maximum Gasteiger partial charge on any atom is 0.251 e. The third-order valence-corrected chi connectivity index (χ3v) is 4.35. The van der Waals surface area contributed by atoms with Crippen molar-refractivity contribution in [1.29, 1.82) is 0 Å². The zero-order valence-electron chi connectivity index (χ0n) is 15.0. The molecule has 1 amide bonds. The number of halogens is 1. The zero-order valence-corrected chi connectivity index (χ0v) is 15.0. The van der Waals surface area contributed by atoms with Crippen LogP contribution in [0.3, 0.4) is 0 Å². The minimum absolute atomic E-state index is 0.0729. The molecule has 0 spiro atoms. The van der Waals surface area contributed by atoms with E-state index in [0.717, 1.165) is 16.5 Å². The summed E-state index contributed by atoms with van der Waals surface area (Å²) in [7, 11) is 0. The number of H-pyrrole nitrogens is 1. The van der Waals surface area contributed by atoms with Crippen molar-refractivity contribution in [3.05, 3.63) is 84.2 Å². The van der Waals surface area contributed by atoms with Crippen molar-refractivity contribution in [3.8, 4) is 11.1 Å². The highest BCUT2D eigenvalue weighted by Crippen LogP contribution is 2.28. The second-order valence-corrected chi connectivity index (χ2v) is 6.34. The molecule has 0 aliphatic heterocycles. The fourth-order valence-electron chi connectivity index (χ4n) is 2.98. The number of hydrogen-bond acceptors (Lipinski definition) is 3. The number of nitrogens with one attached hydrogen (secondary N) is 2. The first kappa shape index (κ1) is 17.9. The van der Waals surface area contributed by atoms with Crippen LogP contribution in [-0.2, 0) is 16.1 Å². The fraction of sp³-hybridized carbons (Fsp3) is 0.0909. The number of rotatable bonds is 6. The first-order valence-corrected chi connectivity index (χ1v) is 8.85. The van der Waals surface area contributed by atoms with Gasteiger partial charge in [-0.25, -0.2) is 4.39 Å². The SMILES string of the molecule is O=C(COCc1ccccc1)Nc1n[nH]c2cc(-c3ccccc3F)ccc12. The van der Waals surface area contributed by atoms with Gasteiger partial charge >= 0.3 is 0 Å². The van der Waals surface area contributed by atoms with E-state index in [2.05, 4.69) is 15.5 Å². The van der Waals surface area contributed by atoms with Gasteiger partial charge in [0.15, 0.2) is 5.82 Å². The number of aromatic nitrogens is 2. The summed E-state index contributed by atoms with van der Waals surface area (Å²) in [6.45, 7) is 0.290. The molecule has 0 saturated carbocycles. The second-order valence-electron chi connectivity index (χ2n) is 6.34. The molecule has 140 valence electrons. The van der Waals surface area contributed by atoms with Gasteiger partial charge in [-0.3, -0.25) is 9.89 Å². The van der Waals surface area contributed by atoms with Crippen LogP contribution in [0.4, 0.5) is 10.2 Å². The van der Waals surface area contributed by atoms with E-state index in [4.69, 9.17) is 4.74 Å². The number of carbonyl (C=O) groups excluding carboxylic acids is 1. The summed E-state index contributed by atoms with van der Waals surface area (Å²) in [6.07, 6.45) is 0. The summed E-state index contributed by atoms with van der Waals surface area (Å²) in [4.78, 5) is 12.1. The molecule has 4 aromatic rings. The molecule has 0 atom stereocenters. The lowest BCUT2D eigenvalue weighted by Gasteiger charge is -2.06. The monoisotopic (exact) mass is 375 g/mol. The minimum atomic E-state index is -0.289. The standard InChI is InChI=1S/C22H18FN3O2/c23-19-9-5-4-8-17(19)16-10-11-18-20(12-16)25-26-22(18)24-21(27)14-28-13-15-6-2-1-3-7-15/h1-12H,13-14H2,(H2,24,25,26,27). The van der Waals surface area contributed by atoms with Crippen LogP contribution in [-0.4, -0.2) is 22.7 Å². The normalized spacial score (nSPS) is 10.9. The lowest BCUT2D eigenvalue weighted by molar-refractivity contribution is -0.121. The van der Waals surface area contributed by atoms with Crippen LogP contribution < -0.4 is 5.32 Å². The fourth-order valence-corrected chi connectivity index (χ4v) is 2.98. The Balaban J connectivity index is 1.43. The topological polar surface area (TPSA) is 67.0 Å². The van der Waals surface area contributed by atoms with Gasteiger partial charge in [0.1, 0.15) is 12.4 Å². The predicted octanol–water partition coefficient (Wildman–Crippen LogP) is 4.52. The van der Waals surface area contributed by atoms with Crippen LogP contribution in [0.25, 0.3) is 22.0 Å². The van der Waals surface area contributed by atoms with Gasteiger partial charge in [0.05, 0.1) is 12.1 Å². The van der Waals surface area contributed by atoms with Crippen molar-refractivity contribution in [3.63, 3.8) is 0 Å². The van der Waals surface area contributed by atoms with Gasteiger partial charge < -0.3 is 10.1 Å². The maximum atomic E-state index is 14.0. The summed E-state index contributed by atoms with van der Waals surface area (Å²) >= 11 is 0. The maximum absolute atomic E-state index is 14.0. The van der Waals surface area contributed by atoms with Crippen molar-refractivity contribution < 1.29 is 13.9 Å². The molecule has 0 unspecified atom stereocenters. The lowest BCUT2D eigenvalue weighted by Crippen LogP contribution is -2.18. The van der Waals surface area contributed by atoms with Crippen molar-refractivity contribution in [2.24, 2.45) is 0 Å². The van der Waals surface area contributed by atoms with E-state index in [1.165, 1.54) is 6.07 Å². The molecule has 1 heterocycles. The van der Waals surface area contributed by atoms with E-state index in [1.54, 1.807) is 30.3 Å². The Kier molecular flexibility index (Phi) is 5.12. The van der Waals surface area contributed by atoms with Crippen LogP contribution in [0, 0.1) is 5.82 Å². The van der Waals surface area contributed by atoms with E-state index in [-0.39, 0.29) is 18.3 Å². The van der Waals surface area contributed by atoms with E-state index >= 15 is 0 Å². The number of anilines is 1. The Morgan fingerprint density at radius 3 is 2.64 bits per heavy atom. The molecule has 0 radical (unpaired) electrons. The molecule has 5 nitrogen and oxygen atoms in total. The number of fused-ring (bicyclic) bond motifs is 1. The first-order chi connectivity index (χ1) is 13.7. The molecule has 1 aromatic heterocycles. The number of nitrogens with zero attached hydrogens (tertiary/aromatic N) is 1. The largest absolute Gasteiger partial charge is 0.367 e. The van der Waals surface area contributed by atoms with E-state index < -0.39 is 0 Å². The van der Waals surface area contributed by atoms with Crippen molar-refractivity contribution in [2.75, 3.05) is 11.9 Å². The van der Waals surface area contributed by atoms with Crippen molar-refractivity contribution >= 4 is 22.6 Å². The highest BCUT2D eigenvalue weighted by atomic mass is 19.1. The van der Waals surface area contributed by atoms with E-state index in [0.29, 0.717) is 23.5 Å². The van der Waals surface area contributed by atoms with Gasteiger partial charge in [0.25, 0.3) is 5.91 Å². The van der Waals surface area contributed by atoms with Gasteiger partial charge in [-0.2, -0.15) is 5.10 Å². The van der Waals surface area contributed by atoms with Crippen LogP contribution in [0.5, 0.6) is 0 Å². The number of carbonyl (C=O) groups is 1. The Bertz CT molecular complexity index is 1110. The molecule has 0 aliphatic carbocycles. The molecule has 2 N–H and O–H groups in total. The van der Waals surface area contributed by atoms with Crippen LogP contribution in [0.1, 0.15) is 5.56 Å². The van der Waals surface area contributed by atoms with Gasteiger partial charge in [0.2, 0.25) is 0 Å². The Labute approximate surface area is 161 Å². The molecule has 6 heteroatoms. The van der Waals surface area contributed by atoms with Crippen LogP contribution in [0.2, 0.25) is 0 Å². The Morgan fingerprint density at radius 2 is 1.82 bits per heavy atom. The zero-order chi connectivity index (χ0) is 19.3. The lowest BCUT2D eigenvalue weighted by atomic mass is 10.0. The highest BCUT2D eigenvalue weighted by molar-refractivity contribution is 6.01. The number of aromatic amines is 1. The second kappa shape index (κ2) is 8.02. The molecular weight excluding hydrogens is 357 g/mol. The molecule has 0 aliphatic rings. The van der Waals surface area contributed by atoms with Gasteiger partial charge in [-0.15, -0.1) is 0 Å². The summed E-state index contributed by atoms with van der Waals surface area (Å²) in [5, 5.41) is 10.5. The number of benzene rings is 3. The minimum Gasteiger partial charge on any atom is -0.367 e. The molecule has 0 saturated heterocycles. The summed E-state index contributed by atoms with van der Waals surface area (Å²) in [5.74, 6) is -0.156. The average molecular weight is 375 g/mol. The molecule has 4 rings (SSSR count). The van der Waals surface area contributed by atoms with Crippen molar-refractivity contribution in [2.45, 2.75) is 6.61 Å². The smallest absolute Gasteiger partial charge is 0.251 e. The number of ether oxygens (including phenoxy) is 1. The first-order valence-electron chi connectivity index (χ1n) is 8.85. The highest BCUT2D eigenvalue weighted by Gasteiger charge is 2.12. The average Bonchev–Trinajstić information content (AvgIpc) is 3.11. The van der Waals surface area contributed by atoms with Gasteiger partial charge in [-0.1, -0.05) is 54.6 Å². The van der Waals surface area contributed by atoms with Gasteiger partial charge in [0, 0.05) is 10.9 Å². The summed E-state index contributed by atoms with van der Waals surface area (Å²) < 4.78 is 19.4. The molecule has 28 heavy (non-hydrogen) atoms. The Hall–Kier alpha value is -3.51. The number of hydrogen-bond donors (Lipinski definition) is 2. The Morgan fingerprint density at radius 1 is 1.04 bits per heavy atom. The van der Waals surface area contributed by atoms with Crippen molar-refractivity contribution in [1.82, 2.24) is 10.2 Å². The van der Waals surface area contributed by atoms with E-state index in [1.807, 2.05) is 36.4 Å². The van der Waals surface area contributed by atoms with Crippen LogP contribution in [0.15, 0.2) is 72.8 Å². The predicted molar refractivity (Wildman–Crippen MR) is 106 cm³/mol. The molecule has 3 aromatic carbocycles. The molecular formula is C22H18FN3O2. The number of amides is 1. The third kappa shape index (κ3) is 3.92. The third-order valence-electron chi connectivity index (χ3n) is 4.35. The molecule has 0 fully saturated rings. The van der Waals surface area contributed by atoms with Gasteiger partial charge in [-0.05, 0) is 29.3 Å². The summed E-state index contributed by atoms with van der Waals surface area (Å²) in [5.41, 5.74) is 2.96.